The topological polar surface area (TPSA) is 115 Å². The smallest absolute Gasteiger partial charge is 0.245 e. The van der Waals surface area contributed by atoms with Crippen molar-refractivity contribution in [2.24, 2.45) is 5.84 Å². The predicted molar refractivity (Wildman–Crippen MR) is 69.9 cm³/mol. The van der Waals surface area contributed by atoms with Gasteiger partial charge in [-0.1, -0.05) is 17.7 Å². The SMILES string of the molecule is NNc1nc2nonc2nc1Nc1cccc(Cl)c1. The van der Waals surface area contributed by atoms with Crippen LogP contribution in [0.5, 0.6) is 0 Å². The highest BCUT2D eigenvalue weighted by molar-refractivity contribution is 6.30. The number of nitrogens with zero attached hydrogens (tertiary/aromatic N) is 4. The summed E-state index contributed by atoms with van der Waals surface area (Å²) >= 11 is 5.91. The largest absolute Gasteiger partial charge is 0.337 e. The van der Waals surface area contributed by atoms with E-state index < -0.39 is 0 Å². The van der Waals surface area contributed by atoms with E-state index in [4.69, 9.17) is 17.4 Å². The Balaban J connectivity index is 2.03. The van der Waals surface area contributed by atoms with Gasteiger partial charge in [0.25, 0.3) is 0 Å². The summed E-state index contributed by atoms with van der Waals surface area (Å²) in [5, 5.41) is 10.8. The third-order valence-corrected chi connectivity index (χ3v) is 2.57. The van der Waals surface area contributed by atoms with Gasteiger partial charge in [-0.05, 0) is 28.5 Å². The van der Waals surface area contributed by atoms with Gasteiger partial charge in [0.2, 0.25) is 11.3 Å². The van der Waals surface area contributed by atoms with E-state index in [2.05, 4.69) is 35.7 Å². The first-order chi connectivity index (χ1) is 9.26. The summed E-state index contributed by atoms with van der Waals surface area (Å²) in [5.74, 6) is 6.12. The average Bonchev–Trinajstić information content (AvgIpc) is 2.85. The number of rotatable bonds is 3. The van der Waals surface area contributed by atoms with Gasteiger partial charge in [0.05, 0.1) is 0 Å². The molecule has 0 amide bonds. The highest BCUT2D eigenvalue weighted by Gasteiger charge is 2.12. The number of hydrogen-bond donors (Lipinski definition) is 3. The highest BCUT2D eigenvalue weighted by Crippen LogP contribution is 2.24. The number of nitrogens with one attached hydrogen (secondary N) is 2. The van der Waals surface area contributed by atoms with Crippen LogP contribution in [0, 0.1) is 0 Å². The van der Waals surface area contributed by atoms with E-state index in [9.17, 15) is 0 Å². The Morgan fingerprint density at radius 2 is 1.84 bits per heavy atom. The van der Waals surface area contributed by atoms with E-state index in [0.29, 0.717) is 16.7 Å². The molecular weight excluding hydrogens is 270 g/mol. The lowest BCUT2D eigenvalue weighted by molar-refractivity contribution is 0.314. The van der Waals surface area contributed by atoms with E-state index in [0.717, 1.165) is 5.69 Å². The van der Waals surface area contributed by atoms with E-state index >= 15 is 0 Å². The van der Waals surface area contributed by atoms with Crippen LogP contribution in [0.1, 0.15) is 0 Å². The molecule has 9 heteroatoms. The number of hydrazine groups is 1. The van der Waals surface area contributed by atoms with Gasteiger partial charge in [-0.25, -0.2) is 15.5 Å². The Morgan fingerprint density at radius 1 is 1.11 bits per heavy atom. The number of benzene rings is 1. The normalized spacial score (nSPS) is 10.6. The number of halogens is 1. The Labute approximate surface area is 111 Å². The van der Waals surface area contributed by atoms with Crippen LogP contribution in [0.15, 0.2) is 28.9 Å². The second-order valence-corrected chi connectivity index (χ2v) is 4.05. The summed E-state index contributed by atoms with van der Waals surface area (Å²) < 4.78 is 4.55. The molecule has 4 N–H and O–H groups in total. The van der Waals surface area contributed by atoms with Crippen molar-refractivity contribution in [3.63, 3.8) is 0 Å². The summed E-state index contributed by atoms with van der Waals surface area (Å²) in [4.78, 5) is 8.32. The second-order valence-electron chi connectivity index (χ2n) is 3.61. The van der Waals surface area contributed by atoms with Gasteiger partial charge in [-0.15, -0.1) is 0 Å². The van der Waals surface area contributed by atoms with E-state index in [1.165, 1.54) is 0 Å². The number of aromatic nitrogens is 4. The molecule has 1 aromatic carbocycles. The quantitative estimate of drug-likeness (QED) is 0.489. The first-order valence-electron chi connectivity index (χ1n) is 5.26. The fourth-order valence-corrected chi connectivity index (χ4v) is 1.72. The molecule has 0 radical (unpaired) electrons. The number of nitrogens with two attached hydrogens (primary N) is 1. The molecule has 0 spiro atoms. The molecule has 3 rings (SSSR count). The predicted octanol–water partition coefficient (Wildman–Crippen LogP) is 1.70. The Hall–Kier alpha value is -2.45. The Morgan fingerprint density at radius 3 is 2.53 bits per heavy atom. The van der Waals surface area contributed by atoms with Gasteiger partial charge in [-0.3, -0.25) is 0 Å². The van der Waals surface area contributed by atoms with E-state index in [1.807, 2.05) is 12.1 Å². The molecule has 0 saturated carbocycles. The van der Waals surface area contributed by atoms with Crippen LogP contribution in [0.3, 0.4) is 0 Å². The van der Waals surface area contributed by atoms with Crippen molar-refractivity contribution in [1.29, 1.82) is 0 Å². The monoisotopic (exact) mass is 277 g/mol. The molecule has 0 atom stereocenters. The average molecular weight is 278 g/mol. The van der Waals surface area contributed by atoms with Crippen LogP contribution in [0.2, 0.25) is 5.02 Å². The summed E-state index contributed by atoms with van der Waals surface area (Å²) in [7, 11) is 0. The van der Waals surface area contributed by atoms with Gasteiger partial charge in [0.1, 0.15) is 0 Å². The minimum absolute atomic E-state index is 0.268. The molecule has 0 unspecified atom stereocenters. The lowest BCUT2D eigenvalue weighted by Gasteiger charge is -2.09. The van der Waals surface area contributed by atoms with Crippen molar-refractivity contribution >= 4 is 40.2 Å². The minimum atomic E-state index is 0.268. The lowest BCUT2D eigenvalue weighted by atomic mass is 10.3. The first-order valence-corrected chi connectivity index (χ1v) is 5.63. The van der Waals surface area contributed by atoms with Crippen molar-refractivity contribution in [2.45, 2.75) is 0 Å². The molecule has 0 aliphatic heterocycles. The van der Waals surface area contributed by atoms with Gasteiger partial charge in [0, 0.05) is 10.7 Å². The second kappa shape index (κ2) is 4.67. The zero-order valence-corrected chi connectivity index (χ0v) is 10.2. The van der Waals surface area contributed by atoms with Crippen molar-refractivity contribution in [2.75, 3.05) is 10.7 Å². The number of anilines is 3. The third-order valence-electron chi connectivity index (χ3n) is 2.34. The molecule has 96 valence electrons. The van der Waals surface area contributed by atoms with E-state index in [-0.39, 0.29) is 11.3 Å². The summed E-state index contributed by atoms with van der Waals surface area (Å²) in [6.45, 7) is 0. The maximum absolute atomic E-state index is 5.91. The van der Waals surface area contributed by atoms with Gasteiger partial charge >= 0.3 is 0 Å². The zero-order chi connectivity index (χ0) is 13.2. The summed E-state index contributed by atoms with van der Waals surface area (Å²) in [6.07, 6.45) is 0. The van der Waals surface area contributed by atoms with Crippen LogP contribution in [0.4, 0.5) is 17.3 Å². The molecule has 0 aliphatic rings. The highest BCUT2D eigenvalue weighted by atomic mass is 35.5. The van der Waals surface area contributed by atoms with Crippen LogP contribution in [0.25, 0.3) is 11.3 Å². The molecule has 3 aromatic rings. The number of hydrogen-bond acceptors (Lipinski definition) is 8. The van der Waals surface area contributed by atoms with Crippen LogP contribution >= 0.6 is 11.6 Å². The van der Waals surface area contributed by atoms with Crippen LogP contribution in [-0.2, 0) is 0 Å². The van der Waals surface area contributed by atoms with Gasteiger partial charge < -0.3 is 10.7 Å². The molecule has 0 aliphatic carbocycles. The van der Waals surface area contributed by atoms with Gasteiger partial charge in [-0.2, -0.15) is 4.98 Å². The molecule has 2 aromatic heterocycles. The zero-order valence-electron chi connectivity index (χ0n) is 9.46. The molecule has 8 nitrogen and oxygen atoms in total. The molecule has 0 fully saturated rings. The minimum Gasteiger partial charge on any atom is -0.337 e. The maximum Gasteiger partial charge on any atom is 0.245 e. The van der Waals surface area contributed by atoms with Crippen molar-refractivity contribution < 1.29 is 4.63 Å². The fraction of sp³-hybridized carbons (Fsp3) is 0. The molecule has 19 heavy (non-hydrogen) atoms. The molecular formula is C10H8ClN7O. The first kappa shape index (κ1) is 11.6. The van der Waals surface area contributed by atoms with Gasteiger partial charge in [0.15, 0.2) is 11.6 Å². The Kier molecular flexibility index (Phi) is 2.86. The number of fused-ring (bicyclic) bond motifs is 1. The van der Waals surface area contributed by atoms with Crippen LogP contribution < -0.4 is 16.6 Å². The third kappa shape index (κ3) is 2.26. The Bertz CT molecular complexity index is 729. The van der Waals surface area contributed by atoms with Crippen molar-refractivity contribution in [3.05, 3.63) is 29.3 Å². The molecule has 2 heterocycles. The number of nitrogen functional groups attached to an aromatic ring is 1. The van der Waals surface area contributed by atoms with Crippen molar-refractivity contribution in [1.82, 2.24) is 20.3 Å². The summed E-state index contributed by atoms with van der Waals surface area (Å²) in [5.41, 5.74) is 3.73. The van der Waals surface area contributed by atoms with E-state index in [1.54, 1.807) is 12.1 Å². The van der Waals surface area contributed by atoms with Crippen molar-refractivity contribution in [3.8, 4) is 0 Å². The standard InChI is InChI=1S/C10H8ClN7O/c11-5-2-1-3-6(4-5)13-7-8(16-12)15-10-9(14-7)17-19-18-10/h1-4H,12H2,(H,13,14,17)(H,15,16,18). The lowest BCUT2D eigenvalue weighted by Crippen LogP contribution is -2.12. The molecule has 0 saturated heterocycles. The molecule has 0 bridgehead atoms. The maximum atomic E-state index is 5.91. The fourth-order valence-electron chi connectivity index (χ4n) is 1.53. The van der Waals surface area contributed by atoms with Crippen LogP contribution in [-0.4, -0.2) is 20.3 Å². The summed E-state index contributed by atoms with van der Waals surface area (Å²) in [6, 6.07) is 7.16.